The molecule has 0 aromatic carbocycles. The van der Waals surface area contributed by atoms with Crippen molar-refractivity contribution in [2.75, 3.05) is 26.1 Å². The summed E-state index contributed by atoms with van der Waals surface area (Å²) < 4.78 is 17.0. The van der Waals surface area contributed by atoms with Gasteiger partial charge in [-0.05, 0) is 13.0 Å². The summed E-state index contributed by atoms with van der Waals surface area (Å²) in [4.78, 5) is 20.5. The van der Waals surface area contributed by atoms with E-state index in [0.29, 0.717) is 28.7 Å². The Morgan fingerprint density at radius 3 is 2.72 bits per heavy atom. The van der Waals surface area contributed by atoms with Crippen molar-refractivity contribution in [3.8, 4) is 11.6 Å². The number of nitrogens with zero attached hydrogens (tertiary/aromatic N) is 4. The van der Waals surface area contributed by atoms with Crippen LogP contribution in [0.15, 0.2) is 30.9 Å². The van der Waals surface area contributed by atoms with E-state index in [1.165, 1.54) is 18.0 Å². The van der Waals surface area contributed by atoms with Gasteiger partial charge in [0.05, 0.1) is 32.7 Å². The van der Waals surface area contributed by atoms with Gasteiger partial charge in [0.2, 0.25) is 5.88 Å². The highest BCUT2D eigenvalue weighted by atomic mass is 16.5. The molecule has 0 bridgehead atoms. The van der Waals surface area contributed by atoms with Crippen molar-refractivity contribution in [3.63, 3.8) is 0 Å². The minimum Gasteiger partial charge on any atom is -0.493 e. The summed E-state index contributed by atoms with van der Waals surface area (Å²) in [5.74, 6) is 0.822. The zero-order valence-electron chi connectivity index (χ0n) is 14.0. The van der Waals surface area contributed by atoms with Gasteiger partial charge < -0.3 is 19.5 Å². The van der Waals surface area contributed by atoms with Gasteiger partial charge >= 0.3 is 5.97 Å². The van der Waals surface area contributed by atoms with E-state index in [9.17, 15) is 4.79 Å². The molecule has 0 radical (unpaired) electrons. The fourth-order valence-corrected chi connectivity index (χ4v) is 2.35. The van der Waals surface area contributed by atoms with E-state index >= 15 is 0 Å². The Morgan fingerprint density at radius 2 is 2.08 bits per heavy atom. The van der Waals surface area contributed by atoms with Crippen molar-refractivity contribution < 1.29 is 19.0 Å². The molecule has 3 rings (SSSR count). The van der Waals surface area contributed by atoms with Crippen LogP contribution in [-0.4, -0.2) is 46.4 Å². The highest BCUT2D eigenvalue weighted by molar-refractivity contribution is 5.98. The lowest BCUT2D eigenvalue weighted by Gasteiger charge is -2.09. The number of ether oxygens (including phenoxy) is 3. The predicted molar refractivity (Wildman–Crippen MR) is 89.6 cm³/mol. The first-order chi connectivity index (χ1) is 12.2. The van der Waals surface area contributed by atoms with Gasteiger partial charge in [-0.3, -0.25) is 0 Å². The average molecular weight is 343 g/mol. The SMILES string of the molecule is CCOC(=O)c1cn2ncnc(Nc3ccc(OC)nc3)c2c1OC. The molecule has 0 saturated heterocycles. The summed E-state index contributed by atoms with van der Waals surface area (Å²) in [6.07, 6.45) is 4.53. The molecule has 1 N–H and O–H groups in total. The number of esters is 1. The van der Waals surface area contributed by atoms with Crippen LogP contribution in [0.2, 0.25) is 0 Å². The zero-order valence-corrected chi connectivity index (χ0v) is 14.0. The summed E-state index contributed by atoms with van der Waals surface area (Å²) in [7, 11) is 3.02. The normalized spacial score (nSPS) is 10.5. The molecule has 0 fully saturated rings. The van der Waals surface area contributed by atoms with Gasteiger partial charge in [0.25, 0.3) is 0 Å². The Kier molecular flexibility index (Phi) is 4.64. The van der Waals surface area contributed by atoms with E-state index in [0.717, 1.165) is 0 Å². The number of methoxy groups -OCH3 is 2. The van der Waals surface area contributed by atoms with Crippen molar-refractivity contribution in [2.45, 2.75) is 6.92 Å². The Bertz CT molecular complexity index is 891. The van der Waals surface area contributed by atoms with E-state index in [1.54, 1.807) is 38.6 Å². The average Bonchev–Trinajstić information content (AvgIpc) is 3.02. The summed E-state index contributed by atoms with van der Waals surface area (Å²) in [5, 5.41) is 7.26. The summed E-state index contributed by atoms with van der Waals surface area (Å²) in [6, 6.07) is 3.52. The Hall–Kier alpha value is -3.36. The second-order valence-corrected chi connectivity index (χ2v) is 4.91. The molecule has 0 atom stereocenters. The molecule has 0 spiro atoms. The van der Waals surface area contributed by atoms with Gasteiger partial charge in [0.15, 0.2) is 17.1 Å². The molecule has 0 unspecified atom stereocenters. The maximum Gasteiger partial charge on any atom is 0.343 e. The number of pyridine rings is 1. The molecule has 3 heterocycles. The lowest BCUT2D eigenvalue weighted by atomic mass is 10.3. The van der Waals surface area contributed by atoms with Crippen LogP contribution in [0.1, 0.15) is 17.3 Å². The molecular formula is C16H17N5O4. The molecule has 3 aromatic heterocycles. The fourth-order valence-electron chi connectivity index (χ4n) is 2.35. The number of hydrogen-bond donors (Lipinski definition) is 1. The molecule has 0 aliphatic heterocycles. The second-order valence-electron chi connectivity index (χ2n) is 4.91. The summed E-state index contributed by atoms with van der Waals surface area (Å²) in [5.41, 5.74) is 1.49. The second kappa shape index (κ2) is 7.04. The number of carbonyl (C=O) groups is 1. The van der Waals surface area contributed by atoms with Crippen molar-refractivity contribution in [1.29, 1.82) is 0 Å². The Labute approximate surface area is 143 Å². The molecule has 0 aliphatic carbocycles. The third-order valence-corrected chi connectivity index (χ3v) is 3.44. The molecule has 9 heteroatoms. The van der Waals surface area contributed by atoms with Crippen LogP contribution in [0, 0.1) is 0 Å². The Morgan fingerprint density at radius 1 is 1.24 bits per heavy atom. The van der Waals surface area contributed by atoms with Gasteiger partial charge in [0, 0.05) is 12.3 Å². The van der Waals surface area contributed by atoms with Crippen molar-refractivity contribution in [2.24, 2.45) is 0 Å². The highest BCUT2D eigenvalue weighted by Crippen LogP contribution is 2.32. The first-order valence-corrected chi connectivity index (χ1v) is 7.52. The van der Waals surface area contributed by atoms with Gasteiger partial charge in [-0.25, -0.2) is 19.3 Å². The summed E-state index contributed by atoms with van der Waals surface area (Å²) >= 11 is 0. The number of aromatic nitrogens is 4. The lowest BCUT2D eigenvalue weighted by Crippen LogP contribution is -2.05. The fraction of sp³-hybridized carbons (Fsp3) is 0.250. The standard InChI is InChI=1S/C16H17N5O4/c1-4-25-16(22)11-8-21-13(14(11)24-3)15(18-9-19-21)20-10-5-6-12(23-2)17-7-10/h5-9H,4H2,1-3H3,(H,18,19,20). The van der Waals surface area contributed by atoms with Crippen LogP contribution in [-0.2, 0) is 4.74 Å². The molecular weight excluding hydrogens is 326 g/mol. The van der Waals surface area contributed by atoms with Crippen LogP contribution < -0.4 is 14.8 Å². The number of carbonyl (C=O) groups excluding carboxylic acids is 1. The number of anilines is 2. The van der Waals surface area contributed by atoms with E-state index in [4.69, 9.17) is 14.2 Å². The van der Waals surface area contributed by atoms with Crippen LogP contribution in [0.4, 0.5) is 11.5 Å². The van der Waals surface area contributed by atoms with Crippen molar-refractivity contribution >= 4 is 23.0 Å². The third-order valence-electron chi connectivity index (χ3n) is 3.44. The number of fused-ring (bicyclic) bond motifs is 1. The van der Waals surface area contributed by atoms with Gasteiger partial charge in [0.1, 0.15) is 11.9 Å². The van der Waals surface area contributed by atoms with Crippen molar-refractivity contribution in [3.05, 3.63) is 36.4 Å². The van der Waals surface area contributed by atoms with E-state index < -0.39 is 5.97 Å². The van der Waals surface area contributed by atoms with Crippen LogP contribution >= 0.6 is 0 Å². The van der Waals surface area contributed by atoms with E-state index in [2.05, 4.69) is 20.4 Å². The third kappa shape index (κ3) is 3.16. The smallest absolute Gasteiger partial charge is 0.343 e. The number of nitrogens with one attached hydrogen (secondary N) is 1. The lowest BCUT2D eigenvalue weighted by molar-refractivity contribution is 0.0523. The van der Waals surface area contributed by atoms with E-state index in [1.807, 2.05) is 0 Å². The quantitative estimate of drug-likeness (QED) is 0.679. The van der Waals surface area contributed by atoms with Crippen LogP contribution in [0.3, 0.4) is 0 Å². The molecule has 0 saturated carbocycles. The Balaban J connectivity index is 2.04. The molecule has 9 nitrogen and oxygen atoms in total. The number of hydrogen-bond acceptors (Lipinski definition) is 8. The van der Waals surface area contributed by atoms with Gasteiger partial charge in [-0.15, -0.1) is 0 Å². The minimum atomic E-state index is -0.484. The molecule has 130 valence electrons. The first kappa shape index (κ1) is 16.5. The van der Waals surface area contributed by atoms with E-state index in [-0.39, 0.29) is 12.2 Å². The summed E-state index contributed by atoms with van der Waals surface area (Å²) in [6.45, 7) is 2.01. The number of rotatable bonds is 6. The molecule has 0 aliphatic rings. The largest absolute Gasteiger partial charge is 0.493 e. The van der Waals surface area contributed by atoms with Crippen molar-refractivity contribution in [1.82, 2.24) is 19.6 Å². The molecule has 3 aromatic rings. The van der Waals surface area contributed by atoms with Crippen LogP contribution in [0.5, 0.6) is 11.6 Å². The van der Waals surface area contributed by atoms with Gasteiger partial charge in [-0.2, -0.15) is 5.10 Å². The molecule has 25 heavy (non-hydrogen) atoms. The maximum absolute atomic E-state index is 12.1. The topological polar surface area (TPSA) is 99.9 Å². The first-order valence-electron chi connectivity index (χ1n) is 7.52. The monoisotopic (exact) mass is 343 g/mol. The molecule has 0 amide bonds. The zero-order chi connectivity index (χ0) is 17.8. The van der Waals surface area contributed by atoms with Crippen LogP contribution in [0.25, 0.3) is 5.52 Å². The minimum absolute atomic E-state index is 0.266. The predicted octanol–water partition coefficient (Wildman–Crippen LogP) is 2.06. The van der Waals surface area contributed by atoms with Gasteiger partial charge in [-0.1, -0.05) is 0 Å². The highest BCUT2D eigenvalue weighted by Gasteiger charge is 2.22. The maximum atomic E-state index is 12.1.